The SMILES string of the molecule is CC1CCN(c2ccnc3nsnc23)CC1. The first-order chi connectivity index (χ1) is 7.84. The zero-order valence-corrected chi connectivity index (χ0v) is 10.1. The lowest BCUT2D eigenvalue weighted by molar-refractivity contribution is 0.439. The van der Waals surface area contributed by atoms with Crippen molar-refractivity contribution < 1.29 is 0 Å². The molecule has 1 aliphatic rings. The molecular weight excluding hydrogens is 220 g/mol. The highest BCUT2D eigenvalue weighted by molar-refractivity contribution is 7.00. The Balaban J connectivity index is 1.96. The second kappa shape index (κ2) is 3.97. The molecule has 0 radical (unpaired) electrons. The maximum absolute atomic E-state index is 4.34. The molecular formula is C11H14N4S. The van der Waals surface area contributed by atoms with Crippen molar-refractivity contribution in [1.82, 2.24) is 13.7 Å². The van der Waals surface area contributed by atoms with E-state index < -0.39 is 0 Å². The Kier molecular flexibility index (Phi) is 2.47. The Morgan fingerprint density at radius 2 is 2.12 bits per heavy atom. The predicted molar refractivity (Wildman–Crippen MR) is 65.8 cm³/mol. The highest BCUT2D eigenvalue weighted by Crippen LogP contribution is 2.27. The highest BCUT2D eigenvalue weighted by atomic mass is 32.1. The zero-order chi connectivity index (χ0) is 11.0. The topological polar surface area (TPSA) is 41.9 Å². The maximum Gasteiger partial charge on any atom is 0.195 e. The molecule has 1 aliphatic heterocycles. The van der Waals surface area contributed by atoms with Gasteiger partial charge in [0.05, 0.1) is 17.4 Å². The van der Waals surface area contributed by atoms with Crippen LogP contribution in [0.5, 0.6) is 0 Å². The van der Waals surface area contributed by atoms with Crippen molar-refractivity contribution in [1.29, 1.82) is 0 Å². The summed E-state index contributed by atoms with van der Waals surface area (Å²) in [4.78, 5) is 6.63. The fourth-order valence-electron chi connectivity index (χ4n) is 2.19. The van der Waals surface area contributed by atoms with Crippen molar-refractivity contribution in [3.05, 3.63) is 12.3 Å². The molecule has 4 nitrogen and oxygen atoms in total. The number of pyridine rings is 1. The quantitative estimate of drug-likeness (QED) is 0.759. The molecule has 2 aromatic rings. The Bertz CT molecular complexity index is 487. The highest BCUT2D eigenvalue weighted by Gasteiger charge is 2.19. The smallest absolute Gasteiger partial charge is 0.195 e. The van der Waals surface area contributed by atoms with Crippen molar-refractivity contribution in [3.63, 3.8) is 0 Å². The summed E-state index contributed by atoms with van der Waals surface area (Å²) >= 11 is 1.24. The average Bonchev–Trinajstić information content (AvgIpc) is 2.78. The van der Waals surface area contributed by atoms with Gasteiger partial charge in [-0.1, -0.05) is 6.92 Å². The molecule has 1 fully saturated rings. The lowest BCUT2D eigenvalue weighted by Crippen LogP contribution is -2.32. The molecule has 16 heavy (non-hydrogen) atoms. The van der Waals surface area contributed by atoms with Crippen LogP contribution in [0.15, 0.2) is 12.3 Å². The van der Waals surface area contributed by atoms with Gasteiger partial charge in [0, 0.05) is 19.3 Å². The van der Waals surface area contributed by atoms with Gasteiger partial charge in [-0.15, -0.1) is 0 Å². The summed E-state index contributed by atoms with van der Waals surface area (Å²) in [7, 11) is 0. The maximum atomic E-state index is 4.34. The van der Waals surface area contributed by atoms with Gasteiger partial charge in [0.2, 0.25) is 0 Å². The predicted octanol–water partition coefficient (Wildman–Crippen LogP) is 2.32. The third-order valence-electron chi connectivity index (χ3n) is 3.27. The first kappa shape index (κ1) is 9.96. The van der Waals surface area contributed by atoms with Gasteiger partial charge < -0.3 is 4.90 Å². The molecule has 0 bridgehead atoms. The first-order valence-corrected chi connectivity index (χ1v) is 6.40. The number of piperidine rings is 1. The molecule has 0 N–H and O–H groups in total. The molecule has 1 saturated heterocycles. The summed E-state index contributed by atoms with van der Waals surface area (Å²) < 4.78 is 8.52. The van der Waals surface area contributed by atoms with Crippen LogP contribution in [0.25, 0.3) is 11.2 Å². The van der Waals surface area contributed by atoms with E-state index in [4.69, 9.17) is 0 Å². The van der Waals surface area contributed by atoms with E-state index in [2.05, 4.69) is 31.6 Å². The second-order valence-electron chi connectivity index (χ2n) is 4.44. The molecule has 3 rings (SSSR count). The number of aromatic nitrogens is 3. The van der Waals surface area contributed by atoms with Crippen molar-refractivity contribution in [2.45, 2.75) is 19.8 Å². The third-order valence-corrected chi connectivity index (χ3v) is 3.79. The van der Waals surface area contributed by atoms with E-state index in [-0.39, 0.29) is 0 Å². The normalized spacial score (nSPS) is 18.2. The number of rotatable bonds is 1. The molecule has 0 unspecified atom stereocenters. The van der Waals surface area contributed by atoms with Crippen LogP contribution < -0.4 is 4.90 Å². The van der Waals surface area contributed by atoms with Gasteiger partial charge in [-0.25, -0.2) is 4.98 Å². The van der Waals surface area contributed by atoms with Crippen LogP contribution in [0.3, 0.4) is 0 Å². The summed E-state index contributed by atoms with van der Waals surface area (Å²) in [5, 5.41) is 0. The van der Waals surface area contributed by atoms with Crippen LogP contribution in [0, 0.1) is 5.92 Å². The zero-order valence-electron chi connectivity index (χ0n) is 9.26. The van der Waals surface area contributed by atoms with Crippen LogP contribution in [-0.2, 0) is 0 Å². The van der Waals surface area contributed by atoms with Gasteiger partial charge in [0.15, 0.2) is 5.65 Å². The fourth-order valence-corrected chi connectivity index (χ4v) is 2.70. The number of nitrogens with zero attached hydrogens (tertiary/aromatic N) is 4. The van der Waals surface area contributed by atoms with Crippen LogP contribution in [-0.4, -0.2) is 26.8 Å². The van der Waals surface area contributed by atoms with Crippen LogP contribution >= 0.6 is 11.7 Å². The largest absolute Gasteiger partial charge is 0.370 e. The van der Waals surface area contributed by atoms with Gasteiger partial charge in [-0.2, -0.15) is 8.75 Å². The number of anilines is 1. The Labute approximate surface area is 98.6 Å². The number of hydrogen-bond acceptors (Lipinski definition) is 5. The van der Waals surface area contributed by atoms with Crippen molar-refractivity contribution in [2.75, 3.05) is 18.0 Å². The van der Waals surface area contributed by atoms with Crippen LogP contribution in [0.2, 0.25) is 0 Å². The van der Waals surface area contributed by atoms with E-state index in [9.17, 15) is 0 Å². The van der Waals surface area contributed by atoms with E-state index in [1.54, 1.807) is 0 Å². The number of hydrogen-bond donors (Lipinski definition) is 0. The van der Waals surface area contributed by atoms with Crippen molar-refractivity contribution in [2.24, 2.45) is 5.92 Å². The summed E-state index contributed by atoms with van der Waals surface area (Å²) in [5.41, 5.74) is 2.94. The summed E-state index contributed by atoms with van der Waals surface area (Å²) in [6.45, 7) is 4.57. The standard InChI is InChI=1S/C11H14N4S/c1-8-3-6-15(7-4-8)9-2-5-12-11-10(9)13-16-14-11/h2,5,8H,3-4,6-7H2,1H3. The Morgan fingerprint density at radius 3 is 2.94 bits per heavy atom. The van der Waals surface area contributed by atoms with Gasteiger partial charge >= 0.3 is 0 Å². The lowest BCUT2D eigenvalue weighted by atomic mass is 9.99. The molecule has 0 spiro atoms. The van der Waals surface area contributed by atoms with Gasteiger partial charge in [0.25, 0.3) is 0 Å². The summed E-state index contributed by atoms with van der Waals surface area (Å²) in [6.07, 6.45) is 4.36. The molecule has 0 atom stereocenters. The molecule has 2 aromatic heterocycles. The van der Waals surface area contributed by atoms with E-state index in [0.717, 1.165) is 30.2 Å². The molecule has 3 heterocycles. The molecule has 0 aliphatic carbocycles. The fraction of sp³-hybridized carbons (Fsp3) is 0.545. The second-order valence-corrected chi connectivity index (χ2v) is 4.96. The van der Waals surface area contributed by atoms with Crippen molar-refractivity contribution in [3.8, 4) is 0 Å². The van der Waals surface area contributed by atoms with Gasteiger partial charge in [-0.3, -0.25) is 0 Å². The van der Waals surface area contributed by atoms with Gasteiger partial charge in [0.1, 0.15) is 5.52 Å². The van der Waals surface area contributed by atoms with Crippen LogP contribution in [0.1, 0.15) is 19.8 Å². The monoisotopic (exact) mass is 234 g/mol. The van der Waals surface area contributed by atoms with Gasteiger partial charge in [-0.05, 0) is 24.8 Å². The molecule has 5 heteroatoms. The Morgan fingerprint density at radius 1 is 1.31 bits per heavy atom. The summed E-state index contributed by atoms with van der Waals surface area (Å²) in [6, 6.07) is 2.06. The molecule has 0 saturated carbocycles. The molecule has 84 valence electrons. The van der Waals surface area contributed by atoms with E-state index in [1.165, 1.54) is 30.3 Å². The third kappa shape index (κ3) is 1.65. The minimum Gasteiger partial charge on any atom is -0.370 e. The first-order valence-electron chi connectivity index (χ1n) is 5.67. The minimum atomic E-state index is 0.779. The minimum absolute atomic E-state index is 0.779. The average molecular weight is 234 g/mol. The summed E-state index contributed by atoms with van der Waals surface area (Å²) in [5.74, 6) is 0.849. The molecule has 0 amide bonds. The Hall–Kier alpha value is -1.23. The molecule has 0 aromatic carbocycles. The van der Waals surface area contributed by atoms with Crippen molar-refractivity contribution >= 4 is 28.6 Å². The van der Waals surface area contributed by atoms with E-state index in [0.29, 0.717) is 0 Å². The lowest BCUT2D eigenvalue weighted by Gasteiger charge is -2.31. The van der Waals surface area contributed by atoms with E-state index in [1.807, 2.05) is 6.20 Å². The number of fused-ring (bicyclic) bond motifs is 1. The van der Waals surface area contributed by atoms with Crippen LogP contribution in [0.4, 0.5) is 5.69 Å². The van der Waals surface area contributed by atoms with E-state index >= 15 is 0 Å².